The number of rotatable bonds is 9. The van der Waals surface area contributed by atoms with Crippen molar-refractivity contribution < 1.29 is 46.2 Å². The van der Waals surface area contributed by atoms with E-state index in [4.69, 9.17) is 4.74 Å². The van der Waals surface area contributed by atoms with Crippen molar-refractivity contribution in [3.63, 3.8) is 0 Å². The average molecular weight is 726 g/mol. The maximum atomic E-state index is 16.0. The molecule has 1 amide bonds. The third-order valence-corrected chi connectivity index (χ3v) is 9.42. The fourth-order valence-electron chi connectivity index (χ4n) is 6.78. The van der Waals surface area contributed by atoms with Gasteiger partial charge in [-0.25, -0.2) is 8.78 Å². The Morgan fingerprint density at radius 3 is 2.44 bits per heavy atom. The van der Waals surface area contributed by atoms with Crippen LogP contribution in [0.15, 0.2) is 72.0 Å². The number of halogens is 5. The van der Waals surface area contributed by atoms with Crippen molar-refractivity contribution >= 4 is 18.2 Å². The number of fused-ring (bicyclic) bond motifs is 6. The van der Waals surface area contributed by atoms with Gasteiger partial charge in [0.1, 0.15) is 36.7 Å². The smallest absolute Gasteiger partial charge is 0.416 e. The molecule has 2 aliphatic rings. The van der Waals surface area contributed by atoms with E-state index in [1.165, 1.54) is 24.9 Å². The molecule has 0 aromatic heterocycles. The number of benzene rings is 3. The topological polar surface area (TPSA) is 99.2 Å². The second kappa shape index (κ2) is 15.7. The van der Waals surface area contributed by atoms with Crippen molar-refractivity contribution in [2.45, 2.75) is 64.7 Å². The van der Waals surface area contributed by atoms with E-state index >= 15 is 4.39 Å². The molecule has 52 heavy (non-hydrogen) atoms. The number of aryl methyl sites for hydroxylation is 3. The van der Waals surface area contributed by atoms with Gasteiger partial charge in [-0.15, -0.1) is 0 Å². The Labute approximate surface area is 298 Å². The Bertz CT molecular complexity index is 1920. The quantitative estimate of drug-likeness (QED) is 0.104. The zero-order valence-electron chi connectivity index (χ0n) is 29.2. The molecule has 2 N–H and O–H groups in total. The monoisotopic (exact) mass is 725 g/mol. The minimum atomic E-state index is -4.94. The molecule has 276 valence electrons. The number of alkyl halides is 4. The number of likely N-dealkylation sites (tertiary alicyclic amines) is 1. The third-order valence-electron chi connectivity index (χ3n) is 9.42. The maximum absolute atomic E-state index is 16.0. The number of carboxylic acid groups (broad SMARTS) is 1. The molecule has 2 atom stereocenters. The van der Waals surface area contributed by atoms with Gasteiger partial charge in [-0.3, -0.25) is 19.3 Å². The molecule has 0 aliphatic carbocycles. The van der Waals surface area contributed by atoms with Crippen LogP contribution in [-0.4, -0.2) is 72.1 Å². The second-order valence-corrected chi connectivity index (χ2v) is 13.3. The van der Waals surface area contributed by atoms with E-state index in [9.17, 15) is 37.1 Å². The second-order valence-electron chi connectivity index (χ2n) is 13.3. The van der Waals surface area contributed by atoms with Crippen LogP contribution in [-0.2, 0) is 21.0 Å². The Morgan fingerprint density at radius 2 is 1.79 bits per heavy atom. The Hall–Kier alpha value is -5.04. The standard InChI is InChI=1S/C39H40F5N3O5/c1-22-8-9-25-15-29(22)37(46(4)18-26(10-12-47-19-28(40)20-47)31(11-13-48)39(42,43)44)38(51)45-32(17-34(49)50)30-16-27(14-24(3)36(30)41)35-23(2)6-5-7-33(35)52-21-25/h5-9,11,13-16,18,28,32,37H,10,12,17,19-21H2,1-4H3,(H,45,51)(H,49,50)/b26-18-,31-11+/t32-,37?/m0/s1. The highest BCUT2D eigenvalue weighted by atomic mass is 19.4. The lowest BCUT2D eigenvalue weighted by Gasteiger charge is -2.35. The van der Waals surface area contributed by atoms with Crippen molar-refractivity contribution in [2.24, 2.45) is 0 Å². The first-order valence-electron chi connectivity index (χ1n) is 16.7. The Morgan fingerprint density at radius 1 is 1.06 bits per heavy atom. The van der Waals surface area contributed by atoms with Crippen molar-refractivity contribution in [1.82, 2.24) is 15.1 Å². The molecule has 2 heterocycles. The molecule has 2 aliphatic heterocycles. The molecule has 3 aromatic carbocycles. The number of likely N-dealkylation sites (N-methyl/N-ethyl adjacent to an activating group) is 1. The lowest BCUT2D eigenvalue weighted by Crippen LogP contribution is -2.48. The van der Waals surface area contributed by atoms with Crippen LogP contribution in [0.3, 0.4) is 0 Å². The van der Waals surface area contributed by atoms with Gasteiger partial charge in [0, 0.05) is 44.0 Å². The van der Waals surface area contributed by atoms with Crippen LogP contribution in [0.4, 0.5) is 22.0 Å². The molecule has 0 spiro atoms. The number of aliphatic carboxylic acids is 1. The van der Waals surface area contributed by atoms with Gasteiger partial charge >= 0.3 is 12.1 Å². The van der Waals surface area contributed by atoms with Crippen molar-refractivity contribution in [2.75, 3.05) is 26.7 Å². The van der Waals surface area contributed by atoms with Gasteiger partial charge in [0.15, 0.2) is 0 Å². The van der Waals surface area contributed by atoms with E-state index < -0.39 is 54.1 Å². The number of carbonyl (C=O) groups is 3. The number of aldehydes is 1. The van der Waals surface area contributed by atoms with Crippen LogP contribution in [0.5, 0.6) is 5.75 Å². The molecule has 13 heteroatoms. The van der Waals surface area contributed by atoms with Crippen LogP contribution in [0.25, 0.3) is 11.1 Å². The molecule has 4 bridgehead atoms. The van der Waals surface area contributed by atoms with Gasteiger partial charge in [0.25, 0.3) is 0 Å². The van der Waals surface area contributed by atoms with E-state index in [0.717, 1.165) is 11.8 Å². The molecular formula is C39H40F5N3O5. The number of carboxylic acids is 1. The molecule has 3 aromatic rings. The summed E-state index contributed by atoms with van der Waals surface area (Å²) in [4.78, 5) is 40.9. The first-order chi connectivity index (χ1) is 24.6. The van der Waals surface area contributed by atoms with Gasteiger partial charge in [-0.1, -0.05) is 24.3 Å². The van der Waals surface area contributed by atoms with E-state index in [1.54, 1.807) is 42.2 Å². The highest BCUT2D eigenvalue weighted by Crippen LogP contribution is 2.39. The van der Waals surface area contributed by atoms with Gasteiger partial charge in [0.2, 0.25) is 5.91 Å². The minimum Gasteiger partial charge on any atom is -0.488 e. The van der Waals surface area contributed by atoms with Crippen LogP contribution in [0.1, 0.15) is 58.3 Å². The molecule has 0 saturated carbocycles. The van der Waals surface area contributed by atoms with E-state index in [-0.39, 0.29) is 55.6 Å². The van der Waals surface area contributed by atoms with Crippen LogP contribution < -0.4 is 10.1 Å². The predicted octanol–water partition coefficient (Wildman–Crippen LogP) is 7.23. The van der Waals surface area contributed by atoms with Gasteiger partial charge in [-0.2, -0.15) is 13.2 Å². The molecule has 8 nitrogen and oxygen atoms in total. The van der Waals surface area contributed by atoms with E-state index in [1.807, 2.05) is 19.1 Å². The van der Waals surface area contributed by atoms with Crippen molar-refractivity contribution in [3.8, 4) is 16.9 Å². The minimum absolute atomic E-state index is 0.0283. The maximum Gasteiger partial charge on any atom is 0.416 e. The fraction of sp³-hybridized carbons (Fsp3) is 0.359. The highest BCUT2D eigenvalue weighted by molar-refractivity contribution is 5.85. The molecule has 1 fully saturated rings. The van der Waals surface area contributed by atoms with Gasteiger partial charge in [-0.05, 0) is 96.5 Å². The summed E-state index contributed by atoms with van der Waals surface area (Å²) in [6.45, 7) is 5.34. The number of allylic oxidation sites excluding steroid dienone is 2. The number of hydrogen-bond acceptors (Lipinski definition) is 6. The zero-order chi connectivity index (χ0) is 37.9. The summed E-state index contributed by atoms with van der Waals surface area (Å²) in [5.41, 5.74) is 2.17. The fourth-order valence-corrected chi connectivity index (χ4v) is 6.78. The van der Waals surface area contributed by atoms with Crippen LogP contribution in [0.2, 0.25) is 0 Å². The summed E-state index contributed by atoms with van der Waals surface area (Å²) < 4.78 is 78.9. The SMILES string of the molecule is Cc1ccc2cc1C(N(C)/C=C(CCN1CC(F)C1)\C(=C/C=O)C(F)(F)F)C(=O)N[C@@H](CC(=O)O)c1cc(cc(C)c1F)-c1c(C)cccc1OC2. The summed E-state index contributed by atoms with van der Waals surface area (Å²) in [7, 11) is 1.39. The predicted molar refractivity (Wildman–Crippen MR) is 185 cm³/mol. The van der Waals surface area contributed by atoms with Gasteiger partial charge < -0.3 is 20.1 Å². The Balaban J connectivity index is 1.69. The normalized spacial score (nSPS) is 18.8. The number of nitrogens with zero attached hydrogens (tertiary/aromatic N) is 2. The van der Waals surface area contributed by atoms with Crippen molar-refractivity contribution in [1.29, 1.82) is 0 Å². The number of ether oxygens (including phenoxy) is 1. The lowest BCUT2D eigenvalue weighted by atomic mass is 9.91. The molecule has 5 rings (SSSR count). The number of nitrogens with one attached hydrogen (secondary N) is 1. The molecule has 1 saturated heterocycles. The summed E-state index contributed by atoms with van der Waals surface area (Å²) in [6, 6.07) is 11.0. The first-order valence-corrected chi connectivity index (χ1v) is 16.7. The van der Waals surface area contributed by atoms with Gasteiger partial charge in [0.05, 0.1) is 18.0 Å². The summed E-state index contributed by atoms with van der Waals surface area (Å²) in [6.07, 6.45) is -5.39. The third kappa shape index (κ3) is 8.52. The summed E-state index contributed by atoms with van der Waals surface area (Å²) in [5.74, 6) is -2.37. The Kier molecular flexibility index (Phi) is 11.5. The first kappa shape index (κ1) is 38.2. The summed E-state index contributed by atoms with van der Waals surface area (Å²) >= 11 is 0. The van der Waals surface area contributed by atoms with Crippen LogP contribution >= 0.6 is 0 Å². The van der Waals surface area contributed by atoms with Crippen LogP contribution in [0, 0.1) is 26.6 Å². The molecule has 0 radical (unpaired) electrons. The van der Waals surface area contributed by atoms with E-state index in [0.29, 0.717) is 39.6 Å². The lowest BCUT2D eigenvalue weighted by molar-refractivity contribution is -0.138. The summed E-state index contributed by atoms with van der Waals surface area (Å²) in [5, 5.41) is 12.6. The largest absolute Gasteiger partial charge is 0.488 e. The zero-order valence-corrected chi connectivity index (χ0v) is 29.2. The number of amides is 1. The van der Waals surface area contributed by atoms with Crippen molar-refractivity contribution in [3.05, 3.63) is 111 Å². The highest BCUT2D eigenvalue weighted by Gasteiger charge is 2.38. The number of hydrogen-bond donors (Lipinski definition) is 2. The average Bonchev–Trinajstić information content (AvgIpc) is 3.04. The molecular weight excluding hydrogens is 685 g/mol. The number of carbonyl (C=O) groups excluding carboxylic acids is 2. The van der Waals surface area contributed by atoms with E-state index in [2.05, 4.69) is 5.32 Å². The molecule has 1 unspecified atom stereocenters.